The summed E-state index contributed by atoms with van der Waals surface area (Å²) in [6.07, 6.45) is 1.57. The summed E-state index contributed by atoms with van der Waals surface area (Å²) in [6, 6.07) is 11.0. The fourth-order valence-corrected chi connectivity index (χ4v) is 3.11. The molecule has 0 bridgehead atoms. The van der Waals surface area contributed by atoms with Gasteiger partial charge in [0.25, 0.3) is 5.91 Å². The Kier molecular flexibility index (Phi) is 4.68. The average Bonchev–Trinajstić information content (AvgIpc) is 3.25. The molecule has 2 fully saturated rings. The Hall–Kier alpha value is -3.06. The van der Waals surface area contributed by atoms with Gasteiger partial charge >= 0.3 is 6.03 Å². The van der Waals surface area contributed by atoms with Crippen molar-refractivity contribution in [3.8, 4) is 0 Å². The number of rotatable bonds is 4. The number of anilines is 1. The van der Waals surface area contributed by atoms with Crippen molar-refractivity contribution in [3.05, 3.63) is 59.0 Å². The molecule has 3 heterocycles. The van der Waals surface area contributed by atoms with Crippen molar-refractivity contribution >= 4 is 23.9 Å². The highest BCUT2D eigenvalue weighted by Gasteiger charge is 2.33. The highest BCUT2D eigenvalue weighted by Crippen LogP contribution is 2.23. The first-order valence-electron chi connectivity index (χ1n) is 8.93. The molecule has 0 aliphatic carbocycles. The standard InChI is InChI=1S/C20H21N3O4/c1-14-2-4-15(5-3-14)13-23-19(24)17(21-20(23)25)12-16-6-7-18(27-16)22-8-10-26-11-9-22/h2-7,12H,8-11,13H2,1H3,(H,21,25)/b17-12+. The Bertz CT molecular complexity index is 879. The van der Waals surface area contributed by atoms with Crippen LogP contribution < -0.4 is 10.2 Å². The molecule has 7 heteroatoms. The third-order valence-corrected chi connectivity index (χ3v) is 4.65. The lowest BCUT2D eigenvalue weighted by Gasteiger charge is -2.26. The average molecular weight is 367 g/mol. The number of carbonyl (C=O) groups excluding carboxylic acids is 2. The maximum absolute atomic E-state index is 12.6. The molecule has 1 aromatic carbocycles. The number of hydrogen-bond acceptors (Lipinski definition) is 5. The number of nitrogens with zero attached hydrogens (tertiary/aromatic N) is 2. The van der Waals surface area contributed by atoms with Crippen LogP contribution in [-0.4, -0.2) is 43.1 Å². The minimum Gasteiger partial charge on any atom is -0.441 e. The van der Waals surface area contributed by atoms with E-state index in [0.717, 1.165) is 30.1 Å². The molecule has 0 radical (unpaired) electrons. The zero-order chi connectivity index (χ0) is 18.8. The second kappa shape index (κ2) is 7.28. The molecular weight excluding hydrogens is 346 g/mol. The first kappa shape index (κ1) is 17.4. The zero-order valence-corrected chi connectivity index (χ0v) is 15.1. The zero-order valence-electron chi connectivity index (χ0n) is 15.1. The van der Waals surface area contributed by atoms with Crippen molar-refractivity contribution in [2.24, 2.45) is 0 Å². The van der Waals surface area contributed by atoms with Gasteiger partial charge in [0.2, 0.25) is 0 Å². The van der Waals surface area contributed by atoms with Crippen LogP contribution in [0, 0.1) is 6.92 Å². The SMILES string of the molecule is Cc1ccc(CN2C(=O)N/C(=C/c3ccc(N4CCOCC4)o3)C2=O)cc1. The summed E-state index contributed by atoms with van der Waals surface area (Å²) in [6.45, 7) is 5.10. The Balaban J connectivity index is 1.47. The molecule has 7 nitrogen and oxygen atoms in total. The molecule has 0 saturated carbocycles. The van der Waals surface area contributed by atoms with Crippen LogP contribution in [0.5, 0.6) is 0 Å². The van der Waals surface area contributed by atoms with Crippen molar-refractivity contribution in [2.45, 2.75) is 13.5 Å². The lowest BCUT2D eigenvalue weighted by Crippen LogP contribution is -2.35. The number of amides is 3. The minimum absolute atomic E-state index is 0.218. The number of aryl methyl sites for hydroxylation is 1. The van der Waals surface area contributed by atoms with Gasteiger partial charge < -0.3 is 19.4 Å². The molecule has 1 aromatic heterocycles. The number of hydrogen-bond donors (Lipinski definition) is 1. The van der Waals surface area contributed by atoms with Crippen LogP contribution >= 0.6 is 0 Å². The molecule has 1 N–H and O–H groups in total. The molecule has 0 spiro atoms. The fourth-order valence-electron chi connectivity index (χ4n) is 3.11. The van der Waals surface area contributed by atoms with E-state index >= 15 is 0 Å². The maximum atomic E-state index is 12.6. The van der Waals surface area contributed by atoms with E-state index in [2.05, 4.69) is 10.2 Å². The van der Waals surface area contributed by atoms with E-state index in [9.17, 15) is 9.59 Å². The molecule has 0 atom stereocenters. The Labute approximate surface area is 157 Å². The summed E-state index contributed by atoms with van der Waals surface area (Å²) in [4.78, 5) is 28.1. The first-order valence-corrected chi connectivity index (χ1v) is 8.93. The van der Waals surface area contributed by atoms with Crippen molar-refractivity contribution in [3.63, 3.8) is 0 Å². The van der Waals surface area contributed by atoms with E-state index in [1.807, 2.05) is 37.3 Å². The van der Waals surface area contributed by atoms with Gasteiger partial charge in [-0.25, -0.2) is 4.79 Å². The van der Waals surface area contributed by atoms with Crippen LogP contribution in [0.15, 0.2) is 46.5 Å². The number of imide groups is 1. The fraction of sp³-hybridized carbons (Fsp3) is 0.300. The Morgan fingerprint density at radius 3 is 2.56 bits per heavy atom. The molecule has 2 aromatic rings. The van der Waals surface area contributed by atoms with Crippen molar-refractivity contribution in [1.29, 1.82) is 0 Å². The first-order chi connectivity index (χ1) is 13.1. The predicted octanol–water partition coefficient (Wildman–Crippen LogP) is 2.52. The van der Waals surface area contributed by atoms with Crippen molar-refractivity contribution < 1.29 is 18.7 Å². The van der Waals surface area contributed by atoms with E-state index < -0.39 is 6.03 Å². The third-order valence-electron chi connectivity index (χ3n) is 4.65. The number of urea groups is 1. The summed E-state index contributed by atoms with van der Waals surface area (Å²) in [5.41, 5.74) is 2.25. The van der Waals surface area contributed by atoms with Gasteiger partial charge in [-0.15, -0.1) is 0 Å². The maximum Gasteiger partial charge on any atom is 0.329 e. The normalized spacial score (nSPS) is 19.1. The summed E-state index contributed by atoms with van der Waals surface area (Å²) in [5.74, 6) is 0.903. The van der Waals surface area contributed by atoms with Gasteiger partial charge in [0.1, 0.15) is 11.5 Å². The van der Waals surface area contributed by atoms with Gasteiger partial charge in [0.15, 0.2) is 5.88 Å². The van der Waals surface area contributed by atoms with E-state index in [4.69, 9.17) is 9.15 Å². The van der Waals surface area contributed by atoms with Gasteiger partial charge in [-0.1, -0.05) is 29.8 Å². The van der Waals surface area contributed by atoms with E-state index in [1.165, 1.54) is 4.90 Å². The number of morpholine rings is 1. The lowest BCUT2D eigenvalue weighted by molar-refractivity contribution is -0.123. The van der Waals surface area contributed by atoms with Crippen LogP contribution in [0.2, 0.25) is 0 Å². The molecule has 2 aliphatic rings. The van der Waals surface area contributed by atoms with E-state index in [0.29, 0.717) is 19.0 Å². The van der Waals surface area contributed by atoms with Crippen LogP contribution in [0.3, 0.4) is 0 Å². The van der Waals surface area contributed by atoms with Gasteiger partial charge in [-0.05, 0) is 18.6 Å². The van der Waals surface area contributed by atoms with Gasteiger partial charge in [-0.2, -0.15) is 0 Å². The van der Waals surface area contributed by atoms with Crippen molar-refractivity contribution in [2.75, 3.05) is 31.2 Å². The second-order valence-electron chi connectivity index (χ2n) is 6.64. The molecule has 0 unspecified atom stereocenters. The van der Waals surface area contributed by atoms with E-state index in [-0.39, 0.29) is 18.1 Å². The number of nitrogens with one attached hydrogen (secondary N) is 1. The highest BCUT2D eigenvalue weighted by molar-refractivity contribution is 6.13. The number of benzene rings is 1. The van der Waals surface area contributed by atoms with Crippen LogP contribution in [0.4, 0.5) is 10.7 Å². The van der Waals surface area contributed by atoms with Gasteiger partial charge in [-0.3, -0.25) is 9.69 Å². The molecule has 2 aliphatic heterocycles. The van der Waals surface area contributed by atoms with Crippen LogP contribution in [0.1, 0.15) is 16.9 Å². The summed E-state index contributed by atoms with van der Waals surface area (Å²) >= 11 is 0. The van der Waals surface area contributed by atoms with E-state index in [1.54, 1.807) is 12.1 Å². The second-order valence-corrected chi connectivity index (χ2v) is 6.64. The number of ether oxygens (including phenoxy) is 1. The van der Waals surface area contributed by atoms with Gasteiger partial charge in [0.05, 0.1) is 19.8 Å². The van der Waals surface area contributed by atoms with Gasteiger partial charge in [0, 0.05) is 25.2 Å². The molecule has 2 saturated heterocycles. The quantitative estimate of drug-likeness (QED) is 0.664. The minimum atomic E-state index is -0.424. The highest BCUT2D eigenvalue weighted by atomic mass is 16.5. The Morgan fingerprint density at radius 2 is 1.81 bits per heavy atom. The molecule has 140 valence electrons. The summed E-state index contributed by atoms with van der Waals surface area (Å²) in [5, 5.41) is 2.63. The summed E-state index contributed by atoms with van der Waals surface area (Å²) < 4.78 is 11.1. The van der Waals surface area contributed by atoms with Crippen LogP contribution in [-0.2, 0) is 16.1 Å². The largest absolute Gasteiger partial charge is 0.441 e. The number of furan rings is 1. The molecular formula is C20H21N3O4. The molecule has 27 heavy (non-hydrogen) atoms. The monoisotopic (exact) mass is 367 g/mol. The topological polar surface area (TPSA) is 75.0 Å². The predicted molar refractivity (Wildman–Crippen MR) is 100.0 cm³/mol. The molecule has 3 amide bonds. The van der Waals surface area contributed by atoms with Crippen molar-refractivity contribution in [1.82, 2.24) is 10.2 Å². The third kappa shape index (κ3) is 3.73. The Morgan fingerprint density at radius 1 is 1.07 bits per heavy atom. The lowest BCUT2D eigenvalue weighted by atomic mass is 10.1. The number of carbonyl (C=O) groups is 2. The summed E-state index contributed by atoms with van der Waals surface area (Å²) in [7, 11) is 0. The van der Waals surface area contributed by atoms with Crippen LogP contribution in [0.25, 0.3) is 6.08 Å². The smallest absolute Gasteiger partial charge is 0.329 e. The molecule has 4 rings (SSSR count).